The summed E-state index contributed by atoms with van der Waals surface area (Å²) in [7, 11) is 0. The first-order valence-corrected chi connectivity index (χ1v) is 3.72. The average molecular weight is 139 g/mol. The first kappa shape index (κ1) is 6.55. The number of thioether (sulfide) groups is 1. The van der Waals surface area contributed by atoms with Gasteiger partial charge in [-0.15, -0.1) is 0 Å². The number of hydrogen-bond donors (Lipinski definition) is 0. The Morgan fingerprint density at radius 2 is 2.11 bits per heavy atom. The number of nitrogens with zero attached hydrogens (tertiary/aromatic N) is 2. The summed E-state index contributed by atoms with van der Waals surface area (Å²) in [6.07, 6.45) is 7.09. The summed E-state index contributed by atoms with van der Waals surface area (Å²) in [6, 6.07) is 1.80. The molecule has 1 aromatic rings. The lowest BCUT2D eigenvalue weighted by molar-refractivity contribution is 1.04. The average Bonchev–Trinajstić information content (AvgIpc) is 1.91. The molecular formula is C6H7N2S. The highest BCUT2D eigenvalue weighted by Gasteiger charge is 1.88. The molecule has 9 heavy (non-hydrogen) atoms. The van der Waals surface area contributed by atoms with Crippen molar-refractivity contribution in [2.45, 2.75) is 5.75 Å². The van der Waals surface area contributed by atoms with Crippen molar-refractivity contribution in [3.63, 3.8) is 0 Å². The van der Waals surface area contributed by atoms with Gasteiger partial charge >= 0.3 is 0 Å². The van der Waals surface area contributed by atoms with Gasteiger partial charge in [0, 0.05) is 18.6 Å². The van der Waals surface area contributed by atoms with Crippen molar-refractivity contribution in [1.29, 1.82) is 0 Å². The molecule has 0 atom stereocenters. The lowest BCUT2D eigenvalue weighted by atomic mass is 10.6. The van der Waals surface area contributed by atoms with Crippen molar-refractivity contribution >= 4 is 11.8 Å². The molecule has 1 radical (unpaired) electrons. The summed E-state index contributed by atoms with van der Waals surface area (Å²) >= 11 is 1.48. The first-order chi connectivity index (χ1) is 4.43. The molecule has 0 bridgehead atoms. The third-order valence-corrected chi connectivity index (χ3v) is 1.31. The summed E-state index contributed by atoms with van der Waals surface area (Å²) in [5, 5.41) is 0. The van der Waals surface area contributed by atoms with Gasteiger partial charge < -0.3 is 0 Å². The van der Waals surface area contributed by atoms with Gasteiger partial charge in [0.2, 0.25) is 0 Å². The fourth-order valence-corrected chi connectivity index (χ4v) is 0.827. The minimum atomic E-state index is 0.793. The summed E-state index contributed by atoms with van der Waals surface area (Å²) in [6.45, 7) is 0. The molecule has 0 spiro atoms. The molecule has 0 aliphatic carbocycles. The maximum absolute atomic E-state index is 4.00. The maximum Gasteiger partial charge on any atom is 0.138 e. The lowest BCUT2D eigenvalue weighted by Crippen LogP contribution is -1.87. The fourth-order valence-electron chi connectivity index (χ4n) is 0.496. The van der Waals surface area contributed by atoms with Crippen molar-refractivity contribution in [2.24, 2.45) is 0 Å². The molecule has 0 aliphatic rings. The van der Waals surface area contributed by atoms with E-state index in [-0.39, 0.29) is 0 Å². The Kier molecular flexibility index (Phi) is 2.51. The van der Waals surface area contributed by atoms with Gasteiger partial charge in [-0.3, -0.25) is 0 Å². The van der Waals surface area contributed by atoms with Crippen LogP contribution < -0.4 is 0 Å². The van der Waals surface area contributed by atoms with E-state index in [1.54, 1.807) is 18.5 Å². The second-order valence-electron chi connectivity index (χ2n) is 1.51. The van der Waals surface area contributed by atoms with Gasteiger partial charge in [0.05, 0.1) is 5.75 Å². The van der Waals surface area contributed by atoms with Crippen LogP contribution in [0.25, 0.3) is 0 Å². The smallest absolute Gasteiger partial charge is 0.138 e. The van der Waals surface area contributed by atoms with Crippen molar-refractivity contribution in [1.82, 2.24) is 9.97 Å². The van der Waals surface area contributed by atoms with Crippen LogP contribution in [0.1, 0.15) is 5.82 Å². The number of aromatic nitrogens is 2. The van der Waals surface area contributed by atoms with Crippen LogP contribution in [0.15, 0.2) is 18.5 Å². The van der Waals surface area contributed by atoms with Crippen LogP contribution in [-0.2, 0) is 5.75 Å². The third kappa shape index (κ3) is 2.01. The Balaban J connectivity index is 2.61. The van der Waals surface area contributed by atoms with Crippen LogP contribution >= 0.6 is 11.8 Å². The molecule has 0 amide bonds. The van der Waals surface area contributed by atoms with E-state index in [1.807, 2.05) is 0 Å². The van der Waals surface area contributed by atoms with Gasteiger partial charge in [0.25, 0.3) is 0 Å². The quantitative estimate of drug-likeness (QED) is 0.621. The molecule has 0 saturated heterocycles. The highest BCUT2D eigenvalue weighted by Crippen LogP contribution is 2.02. The second-order valence-corrected chi connectivity index (χ2v) is 2.21. The van der Waals surface area contributed by atoms with Gasteiger partial charge in [-0.25, -0.2) is 9.97 Å². The van der Waals surface area contributed by atoms with Gasteiger partial charge in [0.15, 0.2) is 0 Å². The van der Waals surface area contributed by atoms with Crippen molar-refractivity contribution in [2.75, 3.05) is 0 Å². The molecule has 47 valence electrons. The molecule has 1 heterocycles. The Morgan fingerprint density at radius 3 is 2.67 bits per heavy atom. The molecule has 1 rings (SSSR count). The monoisotopic (exact) mass is 139 g/mol. The van der Waals surface area contributed by atoms with Crippen LogP contribution in [0.5, 0.6) is 0 Å². The minimum absolute atomic E-state index is 0.793. The van der Waals surface area contributed by atoms with Crippen molar-refractivity contribution in [3.8, 4) is 0 Å². The summed E-state index contributed by atoms with van der Waals surface area (Å²) in [5.74, 6) is 1.64. The Labute approximate surface area is 58.7 Å². The predicted molar refractivity (Wildman–Crippen MR) is 38.7 cm³/mol. The topological polar surface area (TPSA) is 25.8 Å². The molecule has 0 saturated carbocycles. The molecule has 0 fully saturated rings. The molecule has 0 aliphatic heterocycles. The molecule has 0 aromatic carbocycles. The van der Waals surface area contributed by atoms with Crippen LogP contribution in [0.4, 0.5) is 0 Å². The highest BCUT2D eigenvalue weighted by atomic mass is 32.2. The largest absolute Gasteiger partial charge is 0.240 e. The number of hydrogen-bond acceptors (Lipinski definition) is 3. The van der Waals surface area contributed by atoms with E-state index in [4.69, 9.17) is 0 Å². The second kappa shape index (κ2) is 3.45. The fraction of sp³-hybridized carbons (Fsp3) is 0.167. The SMILES string of the molecule is [CH2]SCc1ncccn1. The molecule has 0 N–H and O–H groups in total. The predicted octanol–water partition coefficient (Wildman–Crippen LogP) is 1.50. The van der Waals surface area contributed by atoms with Crippen molar-refractivity contribution < 1.29 is 0 Å². The van der Waals surface area contributed by atoms with E-state index in [9.17, 15) is 0 Å². The first-order valence-electron chi connectivity index (χ1n) is 2.56. The Morgan fingerprint density at radius 1 is 1.44 bits per heavy atom. The molecule has 1 aromatic heterocycles. The Bertz CT molecular complexity index is 164. The van der Waals surface area contributed by atoms with Crippen molar-refractivity contribution in [3.05, 3.63) is 30.5 Å². The molecule has 0 unspecified atom stereocenters. The van der Waals surface area contributed by atoms with E-state index >= 15 is 0 Å². The van der Waals surface area contributed by atoms with E-state index < -0.39 is 0 Å². The zero-order valence-corrected chi connectivity index (χ0v) is 5.77. The van der Waals surface area contributed by atoms with Crippen LogP contribution in [0, 0.1) is 6.26 Å². The molecule has 2 nitrogen and oxygen atoms in total. The Hall–Kier alpha value is -0.570. The molecule has 3 heteroatoms. The summed E-state index contributed by atoms with van der Waals surface area (Å²) < 4.78 is 0. The van der Waals surface area contributed by atoms with Crippen LogP contribution in [-0.4, -0.2) is 9.97 Å². The van der Waals surface area contributed by atoms with E-state index in [0.717, 1.165) is 11.6 Å². The zero-order chi connectivity index (χ0) is 6.53. The third-order valence-electron chi connectivity index (χ3n) is 0.850. The van der Waals surface area contributed by atoms with Crippen LogP contribution in [0.3, 0.4) is 0 Å². The van der Waals surface area contributed by atoms with Crippen LogP contribution in [0.2, 0.25) is 0 Å². The van der Waals surface area contributed by atoms with E-state index in [0.29, 0.717) is 0 Å². The van der Waals surface area contributed by atoms with E-state index in [1.165, 1.54) is 11.8 Å². The van der Waals surface area contributed by atoms with E-state index in [2.05, 4.69) is 16.2 Å². The highest BCUT2D eigenvalue weighted by molar-refractivity contribution is 7.99. The maximum atomic E-state index is 4.00. The normalized spacial score (nSPS) is 9.44. The van der Waals surface area contributed by atoms with Gasteiger partial charge in [-0.1, -0.05) is 0 Å². The van der Waals surface area contributed by atoms with Gasteiger partial charge in [-0.2, -0.15) is 11.8 Å². The standard InChI is InChI=1S/C6H7N2S/c1-9-5-6-7-3-2-4-8-6/h2-4H,1,5H2. The van der Waals surface area contributed by atoms with Gasteiger partial charge in [-0.05, 0) is 6.07 Å². The summed E-state index contributed by atoms with van der Waals surface area (Å²) in [4.78, 5) is 7.99. The zero-order valence-electron chi connectivity index (χ0n) is 4.95. The lowest BCUT2D eigenvalue weighted by Gasteiger charge is -1.91. The summed E-state index contributed by atoms with van der Waals surface area (Å²) in [5.41, 5.74) is 0. The minimum Gasteiger partial charge on any atom is -0.240 e. The molecular weight excluding hydrogens is 132 g/mol. The number of rotatable bonds is 2. The van der Waals surface area contributed by atoms with Gasteiger partial charge in [0.1, 0.15) is 5.82 Å².